The van der Waals surface area contributed by atoms with E-state index >= 15 is 0 Å². The summed E-state index contributed by atoms with van der Waals surface area (Å²) in [6, 6.07) is 20.8. The van der Waals surface area contributed by atoms with E-state index in [2.05, 4.69) is 20.9 Å². The average Bonchev–Trinajstić information content (AvgIpc) is 3.29. The molecule has 4 aromatic rings. The molecule has 0 N–H and O–H groups in total. The van der Waals surface area contributed by atoms with Crippen molar-refractivity contribution in [2.24, 2.45) is 4.99 Å². The Hall–Kier alpha value is -3.60. The van der Waals surface area contributed by atoms with Crippen LogP contribution in [0, 0.1) is 0 Å². The Morgan fingerprint density at radius 3 is 2.51 bits per heavy atom. The first-order chi connectivity index (χ1) is 20.7. The number of ether oxygens (including phenoxy) is 3. The number of allylic oxidation sites excluding steroid dienone is 1. The normalized spacial score (nSPS) is 14.9. The van der Waals surface area contributed by atoms with Crippen LogP contribution in [0.2, 0.25) is 0 Å². The zero-order valence-corrected chi connectivity index (χ0v) is 27.6. The lowest BCUT2D eigenvalue weighted by atomic mass is 9.96. The molecule has 0 saturated heterocycles. The second-order valence-corrected chi connectivity index (χ2v) is 12.9. The summed E-state index contributed by atoms with van der Waals surface area (Å²) in [4.78, 5) is 33.6. The Kier molecular flexibility index (Phi) is 9.59. The highest BCUT2D eigenvalue weighted by Gasteiger charge is 2.33. The van der Waals surface area contributed by atoms with Crippen molar-refractivity contribution in [3.8, 4) is 11.5 Å². The van der Waals surface area contributed by atoms with Crippen LogP contribution in [0.25, 0.3) is 6.08 Å². The van der Waals surface area contributed by atoms with Crippen molar-refractivity contribution in [2.45, 2.75) is 44.4 Å². The average molecular weight is 680 g/mol. The first-order valence-corrected chi connectivity index (χ1v) is 16.4. The fourth-order valence-corrected chi connectivity index (χ4v) is 6.84. The Morgan fingerprint density at radius 1 is 1.14 bits per heavy atom. The van der Waals surface area contributed by atoms with Gasteiger partial charge in [-0.05, 0) is 90.0 Å². The van der Waals surface area contributed by atoms with E-state index in [1.54, 1.807) is 50.3 Å². The molecule has 0 fully saturated rings. The lowest BCUT2D eigenvalue weighted by Crippen LogP contribution is -2.40. The maximum atomic E-state index is 14.0. The van der Waals surface area contributed by atoms with E-state index in [9.17, 15) is 9.59 Å². The predicted molar refractivity (Wildman–Crippen MR) is 175 cm³/mol. The molecule has 0 saturated carbocycles. The molecule has 0 unspecified atom stereocenters. The molecule has 1 aliphatic heterocycles. The van der Waals surface area contributed by atoms with Crippen LogP contribution in [0.1, 0.15) is 43.5 Å². The third-order valence-electron chi connectivity index (χ3n) is 6.79. The Morgan fingerprint density at radius 2 is 1.86 bits per heavy atom. The number of esters is 1. The Balaban J connectivity index is 1.58. The summed E-state index contributed by atoms with van der Waals surface area (Å²) in [5.41, 5.74) is 3.23. The van der Waals surface area contributed by atoms with Crippen LogP contribution in [-0.4, -0.2) is 30.0 Å². The Bertz CT molecular complexity index is 1860. The summed E-state index contributed by atoms with van der Waals surface area (Å²) >= 11 is 6.52. The minimum atomic E-state index is -0.671. The van der Waals surface area contributed by atoms with Gasteiger partial charge in [-0.25, -0.2) is 9.79 Å². The standard InChI is InChI=1S/C33H31BrN2O5S2/c1-19(2)41-32(38)28-20(3)35-33-36(29(28)23-11-13-24(42-5)14-12-23)31(37)27(43-33)17-22-15-25(34)30(26(16-22)39-4)40-18-21-9-7-6-8-10-21/h6-17,19,29H,18H2,1-5H3/b27-17-/t29-/m1/s1. The number of hydrogen-bond acceptors (Lipinski definition) is 8. The van der Waals surface area contributed by atoms with Crippen molar-refractivity contribution in [1.29, 1.82) is 0 Å². The molecule has 3 aromatic carbocycles. The van der Waals surface area contributed by atoms with Gasteiger partial charge in [-0.1, -0.05) is 53.8 Å². The maximum absolute atomic E-state index is 14.0. The summed E-state index contributed by atoms with van der Waals surface area (Å²) in [6.45, 7) is 5.77. The van der Waals surface area contributed by atoms with Crippen molar-refractivity contribution in [1.82, 2.24) is 4.57 Å². The van der Waals surface area contributed by atoms with Crippen molar-refractivity contribution < 1.29 is 19.0 Å². The molecule has 5 rings (SSSR count). The minimum absolute atomic E-state index is 0.246. The van der Waals surface area contributed by atoms with Gasteiger partial charge in [0.05, 0.1) is 39.5 Å². The molecule has 2 heterocycles. The quantitative estimate of drug-likeness (QED) is 0.154. The fraction of sp³-hybridized carbons (Fsp3) is 0.242. The zero-order valence-electron chi connectivity index (χ0n) is 24.4. The van der Waals surface area contributed by atoms with Gasteiger partial charge in [-0.15, -0.1) is 11.8 Å². The topological polar surface area (TPSA) is 79.1 Å². The third-order valence-corrected chi connectivity index (χ3v) is 9.11. The number of benzene rings is 3. The van der Waals surface area contributed by atoms with Crippen LogP contribution in [-0.2, 0) is 16.1 Å². The largest absolute Gasteiger partial charge is 0.493 e. The lowest BCUT2D eigenvalue weighted by Gasteiger charge is -2.25. The number of fused-ring (bicyclic) bond motifs is 1. The molecular formula is C33H31BrN2O5S2. The zero-order chi connectivity index (χ0) is 30.7. The van der Waals surface area contributed by atoms with Crippen LogP contribution >= 0.6 is 39.0 Å². The molecule has 0 amide bonds. The molecule has 0 radical (unpaired) electrons. The SMILES string of the molecule is COc1cc(/C=c2\sc3n(c2=O)[C@H](c2ccc(SC)cc2)C(C(=O)OC(C)C)=C(C)N=3)cc(Br)c1OCc1ccccc1. The predicted octanol–water partition coefficient (Wildman–Crippen LogP) is 6.26. The molecule has 43 heavy (non-hydrogen) atoms. The molecule has 0 spiro atoms. The van der Waals surface area contributed by atoms with Crippen LogP contribution in [0.15, 0.2) is 97.2 Å². The van der Waals surface area contributed by atoms with E-state index in [0.29, 0.717) is 43.2 Å². The molecule has 1 atom stereocenters. The van der Waals surface area contributed by atoms with E-state index in [-0.39, 0.29) is 11.7 Å². The van der Waals surface area contributed by atoms with E-state index < -0.39 is 12.0 Å². The number of halogens is 1. The van der Waals surface area contributed by atoms with E-state index in [1.807, 2.05) is 73.0 Å². The second-order valence-electron chi connectivity index (χ2n) is 10.1. The summed E-state index contributed by atoms with van der Waals surface area (Å²) in [6.07, 6.45) is 3.49. The molecule has 10 heteroatoms. The van der Waals surface area contributed by atoms with Crippen LogP contribution in [0.5, 0.6) is 11.5 Å². The van der Waals surface area contributed by atoms with Crippen molar-refractivity contribution in [2.75, 3.05) is 13.4 Å². The van der Waals surface area contributed by atoms with Crippen molar-refractivity contribution >= 4 is 51.1 Å². The van der Waals surface area contributed by atoms with Gasteiger partial charge in [0.2, 0.25) is 0 Å². The summed E-state index contributed by atoms with van der Waals surface area (Å²) < 4.78 is 20.1. The highest BCUT2D eigenvalue weighted by molar-refractivity contribution is 9.10. The van der Waals surface area contributed by atoms with E-state index in [1.165, 1.54) is 11.3 Å². The molecule has 222 valence electrons. The number of carbonyl (C=O) groups excluding carboxylic acids is 1. The monoisotopic (exact) mass is 678 g/mol. The van der Waals surface area contributed by atoms with Crippen molar-refractivity contribution in [3.05, 3.63) is 119 Å². The number of aromatic nitrogens is 1. The van der Waals surface area contributed by atoms with Gasteiger partial charge in [-0.3, -0.25) is 9.36 Å². The number of hydrogen-bond donors (Lipinski definition) is 0. The lowest BCUT2D eigenvalue weighted by molar-refractivity contribution is -0.143. The molecule has 0 bridgehead atoms. The Labute approximate surface area is 266 Å². The highest BCUT2D eigenvalue weighted by atomic mass is 79.9. The summed E-state index contributed by atoms with van der Waals surface area (Å²) in [5.74, 6) is 0.623. The van der Waals surface area contributed by atoms with Gasteiger partial charge in [0.25, 0.3) is 5.56 Å². The highest BCUT2D eigenvalue weighted by Crippen LogP contribution is 2.37. The number of carbonyl (C=O) groups is 1. The number of thiazole rings is 1. The smallest absolute Gasteiger partial charge is 0.338 e. The van der Waals surface area contributed by atoms with Gasteiger partial charge in [0.1, 0.15) is 6.61 Å². The number of methoxy groups -OCH3 is 1. The minimum Gasteiger partial charge on any atom is -0.493 e. The number of rotatable bonds is 9. The van der Waals surface area contributed by atoms with E-state index in [4.69, 9.17) is 14.2 Å². The van der Waals surface area contributed by atoms with Gasteiger partial charge >= 0.3 is 5.97 Å². The molecule has 0 aliphatic carbocycles. The summed E-state index contributed by atoms with van der Waals surface area (Å²) in [5, 5.41) is 0. The molecular weight excluding hydrogens is 648 g/mol. The van der Waals surface area contributed by atoms with Crippen LogP contribution in [0.3, 0.4) is 0 Å². The molecule has 7 nitrogen and oxygen atoms in total. The van der Waals surface area contributed by atoms with Crippen LogP contribution < -0.4 is 24.4 Å². The molecule has 1 aliphatic rings. The van der Waals surface area contributed by atoms with Crippen LogP contribution in [0.4, 0.5) is 0 Å². The number of nitrogens with zero attached hydrogens (tertiary/aromatic N) is 2. The summed E-state index contributed by atoms with van der Waals surface area (Å²) in [7, 11) is 1.58. The second kappa shape index (κ2) is 13.4. The van der Waals surface area contributed by atoms with Crippen molar-refractivity contribution in [3.63, 3.8) is 0 Å². The molecule has 1 aromatic heterocycles. The van der Waals surface area contributed by atoms with Gasteiger partial charge in [-0.2, -0.15) is 0 Å². The van der Waals surface area contributed by atoms with Gasteiger partial charge < -0.3 is 14.2 Å². The van der Waals surface area contributed by atoms with Gasteiger partial charge in [0, 0.05) is 4.90 Å². The van der Waals surface area contributed by atoms with E-state index in [0.717, 1.165) is 21.6 Å². The maximum Gasteiger partial charge on any atom is 0.338 e. The third kappa shape index (κ3) is 6.66. The number of thioether (sulfide) groups is 1. The van der Waals surface area contributed by atoms with Gasteiger partial charge in [0.15, 0.2) is 16.3 Å². The first-order valence-electron chi connectivity index (χ1n) is 13.6. The fourth-order valence-electron chi connectivity index (χ4n) is 4.81. The first kappa shape index (κ1) is 30.8.